The number of fused-ring (bicyclic) bond motifs is 1. The fraction of sp³-hybridized carbons (Fsp3) is 0.182. The maximum Gasteiger partial charge on any atom is 0.0568 e. The van der Waals surface area contributed by atoms with Crippen molar-refractivity contribution >= 4 is 34.0 Å². The third-order valence-corrected chi connectivity index (χ3v) is 5.42. The van der Waals surface area contributed by atoms with Crippen molar-refractivity contribution in [1.29, 1.82) is 0 Å². The van der Waals surface area contributed by atoms with E-state index >= 15 is 0 Å². The molecule has 0 aliphatic rings. The third-order valence-electron chi connectivity index (χ3n) is 4.83. The minimum atomic E-state index is -0.000468. The number of nitrogens with two attached hydrogens (primary N) is 1. The Morgan fingerprint density at radius 2 is 1.86 bits per heavy atom. The molecule has 2 aromatic heterocycles. The van der Waals surface area contributed by atoms with Crippen molar-refractivity contribution in [2.45, 2.75) is 25.4 Å². The van der Waals surface area contributed by atoms with Crippen LogP contribution in [0.15, 0.2) is 67.3 Å². The van der Waals surface area contributed by atoms with Crippen LogP contribution in [0.25, 0.3) is 21.9 Å². The van der Waals surface area contributed by atoms with Gasteiger partial charge in [-0.15, -0.1) is 0 Å². The molecule has 2 aromatic carbocycles. The van der Waals surface area contributed by atoms with Gasteiger partial charge in [-0.25, -0.2) is 0 Å². The molecule has 0 aliphatic heterocycles. The normalized spacial score (nSPS) is 12.4. The van der Waals surface area contributed by atoms with Crippen molar-refractivity contribution < 1.29 is 0 Å². The van der Waals surface area contributed by atoms with Crippen molar-refractivity contribution in [3.05, 3.63) is 82.9 Å². The molecule has 2 N–H and O–H groups in total. The van der Waals surface area contributed by atoms with E-state index in [0.29, 0.717) is 16.5 Å². The highest BCUT2D eigenvalue weighted by molar-refractivity contribution is 6.35. The number of benzene rings is 2. The SMILES string of the molecule is N[C@H](CCn1cc(-c2ccc3cnccc3c2)cn1)Cc1ccc(Cl)cc1Cl. The summed E-state index contributed by atoms with van der Waals surface area (Å²) < 4.78 is 1.94. The highest BCUT2D eigenvalue weighted by Crippen LogP contribution is 2.24. The second-order valence-electron chi connectivity index (χ2n) is 6.92. The molecule has 0 spiro atoms. The van der Waals surface area contributed by atoms with E-state index in [4.69, 9.17) is 28.9 Å². The van der Waals surface area contributed by atoms with Crippen LogP contribution < -0.4 is 5.73 Å². The Balaban J connectivity index is 1.40. The van der Waals surface area contributed by atoms with Crippen LogP contribution in [0.5, 0.6) is 0 Å². The van der Waals surface area contributed by atoms with Crippen molar-refractivity contribution in [3.8, 4) is 11.1 Å². The standard InChI is InChI=1S/C22H20Cl2N4/c23-20-4-3-17(22(24)11-20)10-21(25)6-8-28-14-19(13-27-28)15-1-2-18-12-26-7-5-16(18)9-15/h1-5,7,9,11-14,21H,6,8,10,25H2/t21-/m1/s1. The molecule has 28 heavy (non-hydrogen) atoms. The molecule has 0 fully saturated rings. The van der Waals surface area contributed by atoms with E-state index in [-0.39, 0.29) is 6.04 Å². The lowest BCUT2D eigenvalue weighted by atomic mass is 10.0. The number of rotatable bonds is 6. The van der Waals surface area contributed by atoms with Gasteiger partial charge in [-0.2, -0.15) is 5.10 Å². The van der Waals surface area contributed by atoms with E-state index in [0.717, 1.165) is 35.0 Å². The van der Waals surface area contributed by atoms with Gasteiger partial charge in [-0.3, -0.25) is 9.67 Å². The summed E-state index contributed by atoms with van der Waals surface area (Å²) in [6, 6.07) is 13.9. The van der Waals surface area contributed by atoms with Gasteiger partial charge in [0.2, 0.25) is 0 Å². The van der Waals surface area contributed by atoms with E-state index in [1.807, 2.05) is 41.5 Å². The molecule has 0 saturated heterocycles. The van der Waals surface area contributed by atoms with Crippen molar-refractivity contribution in [1.82, 2.24) is 14.8 Å². The predicted molar refractivity (Wildman–Crippen MR) is 116 cm³/mol. The molecule has 1 atom stereocenters. The first kappa shape index (κ1) is 18.9. The minimum Gasteiger partial charge on any atom is -0.327 e. The van der Waals surface area contributed by atoms with Gasteiger partial charge in [0, 0.05) is 52.2 Å². The Labute approximate surface area is 173 Å². The van der Waals surface area contributed by atoms with Crippen LogP contribution in [-0.2, 0) is 13.0 Å². The second kappa shape index (κ2) is 8.31. The first-order valence-electron chi connectivity index (χ1n) is 9.14. The summed E-state index contributed by atoms with van der Waals surface area (Å²) in [5, 5.41) is 8.08. The highest BCUT2D eigenvalue weighted by Gasteiger charge is 2.09. The first-order valence-corrected chi connectivity index (χ1v) is 9.90. The van der Waals surface area contributed by atoms with Gasteiger partial charge in [0.15, 0.2) is 0 Å². The van der Waals surface area contributed by atoms with Gasteiger partial charge in [0.05, 0.1) is 6.20 Å². The molecular formula is C22H20Cl2N4. The summed E-state index contributed by atoms with van der Waals surface area (Å²) >= 11 is 12.2. The summed E-state index contributed by atoms with van der Waals surface area (Å²) in [7, 11) is 0. The molecule has 142 valence electrons. The van der Waals surface area contributed by atoms with Gasteiger partial charge in [-0.1, -0.05) is 41.4 Å². The smallest absolute Gasteiger partial charge is 0.0568 e. The van der Waals surface area contributed by atoms with E-state index in [1.54, 1.807) is 6.07 Å². The zero-order valence-electron chi connectivity index (χ0n) is 15.2. The van der Waals surface area contributed by atoms with Crippen LogP contribution in [0.3, 0.4) is 0 Å². The highest BCUT2D eigenvalue weighted by atomic mass is 35.5. The Morgan fingerprint density at radius 1 is 0.964 bits per heavy atom. The zero-order valence-corrected chi connectivity index (χ0v) is 16.7. The van der Waals surface area contributed by atoms with Crippen LogP contribution in [0.1, 0.15) is 12.0 Å². The summed E-state index contributed by atoms with van der Waals surface area (Å²) in [5.41, 5.74) is 9.55. The molecular weight excluding hydrogens is 391 g/mol. The van der Waals surface area contributed by atoms with E-state index in [1.165, 1.54) is 5.39 Å². The largest absolute Gasteiger partial charge is 0.327 e. The minimum absolute atomic E-state index is 0.000468. The van der Waals surface area contributed by atoms with Gasteiger partial charge in [-0.05, 0) is 53.6 Å². The predicted octanol–water partition coefficient (Wildman–Crippen LogP) is 5.37. The van der Waals surface area contributed by atoms with Gasteiger partial charge >= 0.3 is 0 Å². The Kier molecular flexibility index (Phi) is 5.62. The number of aryl methyl sites for hydroxylation is 1. The fourth-order valence-electron chi connectivity index (χ4n) is 3.27. The van der Waals surface area contributed by atoms with Crippen LogP contribution in [0.4, 0.5) is 0 Å². The van der Waals surface area contributed by atoms with Gasteiger partial charge in [0.1, 0.15) is 0 Å². The third kappa shape index (κ3) is 4.36. The summed E-state index contributed by atoms with van der Waals surface area (Å²) in [4.78, 5) is 4.16. The van der Waals surface area contributed by atoms with Crippen LogP contribution in [0.2, 0.25) is 10.0 Å². The number of halogens is 2. The van der Waals surface area contributed by atoms with E-state index in [2.05, 4.69) is 34.5 Å². The summed E-state index contributed by atoms with van der Waals surface area (Å²) in [6.07, 6.45) is 9.15. The van der Waals surface area contributed by atoms with Gasteiger partial charge in [0.25, 0.3) is 0 Å². The molecule has 4 aromatic rings. The monoisotopic (exact) mass is 410 g/mol. The molecule has 0 bridgehead atoms. The maximum atomic E-state index is 6.30. The molecule has 0 unspecified atom stereocenters. The lowest BCUT2D eigenvalue weighted by Crippen LogP contribution is -2.25. The maximum absolute atomic E-state index is 6.30. The number of pyridine rings is 1. The Bertz CT molecular complexity index is 1110. The van der Waals surface area contributed by atoms with Crippen molar-refractivity contribution in [2.24, 2.45) is 5.73 Å². The number of nitrogens with zero attached hydrogens (tertiary/aromatic N) is 3. The molecule has 4 nitrogen and oxygen atoms in total. The number of aromatic nitrogens is 3. The number of hydrogen-bond donors (Lipinski definition) is 1. The molecule has 0 amide bonds. The quantitative estimate of drug-likeness (QED) is 0.464. The second-order valence-corrected chi connectivity index (χ2v) is 7.76. The van der Waals surface area contributed by atoms with Crippen molar-refractivity contribution in [2.75, 3.05) is 0 Å². The molecule has 0 aliphatic carbocycles. The Morgan fingerprint density at radius 3 is 2.71 bits per heavy atom. The summed E-state index contributed by atoms with van der Waals surface area (Å²) in [6.45, 7) is 0.754. The molecule has 0 radical (unpaired) electrons. The molecule has 0 saturated carbocycles. The first-order chi connectivity index (χ1) is 13.6. The Hall–Kier alpha value is -2.40. The zero-order chi connectivity index (χ0) is 19.5. The average Bonchev–Trinajstić information content (AvgIpc) is 3.17. The lowest BCUT2D eigenvalue weighted by Gasteiger charge is -2.13. The average molecular weight is 411 g/mol. The fourth-order valence-corrected chi connectivity index (χ4v) is 3.75. The van der Waals surface area contributed by atoms with Gasteiger partial charge < -0.3 is 5.73 Å². The van der Waals surface area contributed by atoms with E-state index in [9.17, 15) is 0 Å². The lowest BCUT2D eigenvalue weighted by molar-refractivity contribution is 0.507. The van der Waals surface area contributed by atoms with Crippen molar-refractivity contribution in [3.63, 3.8) is 0 Å². The van der Waals surface area contributed by atoms with Crippen LogP contribution in [-0.4, -0.2) is 20.8 Å². The number of hydrogen-bond acceptors (Lipinski definition) is 3. The summed E-state index contributed by atoms with van der Waals surface area (Å²) in [5.74, 6) is 0. The molecule has 2 heterocycles. The molecule has 4 rings (SSSR count). The topological polar surface area (TPSA) is 56.7 Å². The van der Waals surface area contributed by atoms with E-state index < -0.39 is 0 Å². The van der Waals surface area contributed by atoms with Crippen LogP contribution >= 0.6 is 23.2 Å². The molecule has 6 heteroatoms. The van der Waals surface area contributed by atoms with Crippen LogP contribution in [0, 0.1) is 0 Å².